The lowest BCUT2D eigenvalue weighted by atomic mass is 9.88. The molecule has 2 rings (SSSR count). The molecule has 0 bridgehead atoms. The summed E-state index contributed by atoms with van der Waals surface area (Å²) in [5.41, 5.74) is 6.45. The fourth-order valence-corrected chi connectivity index (χ4v) is 2.04. The highest BCUT2D eigenvalue weighted by Gasteiger charge is 2.27. The molecule has 1 aliphatic heterocycles. The van der Waals surface area contributed by atoms with Gasteiger partial charge in [-0.2, -0.15) is 5.10 Å². The van der Waals surface area contributed by atoms with Crippen molar-refractivity contribution < 1.29 is 10.1 Å². The van der Waals surface area contributed by atoms with Gasteiger partial charge in [-0.3, -0.25) is 26.2 Å². The van der Waals surface area contributed by atoms with Crippen molar-refractivity contribution in [2.75, 3.05) is 0 Å². The van der Waals surface area contributed by atoms with E-state index >= 15 is 0 Å². The number of nitrogens with zero attached hydrogens (tertiary/aromatic N) is 3. The van der Waals surface area contributed by atoms with Crippen molar-refractivity contribution in [1.29, 1.82) is 0 Å². The summed E-state index contributed by atoms with van der Waals surface area (Å²) in [4.78, 5) is 14.5. The molecule has 1 aromatic carbocycles. The molecule has 0 saturated carbocycles. The number of rotatable bonds is 3. The van der Waals surface area contributed by atoms with Crippen LogP contribution in [0.4, 0.5) is 5.69 Å². The molecular formula is C14H19N5O3. The van der Waals surface area contributed by atoms with E-state index in [0.717, 1.165) is 5.71 Å². The Morgan fingerprint density at radius 1 is 1.45 bits per heavy atom. The van der Waals surface area contributed by atoms with Crippen LogP contribution in [0, 0.1) is 15.5 Å². The molecule has 8 heteroatoms. The van der Waals surface area contributed by atoms with E-state index < -0.39 is 4.92 Å². The van der Waals surface area contributed by atoms with Crippen LogP contribution in [0.1, 0.15) is 32.8 Å². The van der Waals surface area contributed by atoms with Gasteiger partial charge in [0.25, 0.3) is 5.69 Å². The molecular weight excluding hydrogens is 286 g/mol. The SMILES string of the molecule is CC(C)(C)C1=NNC(N=C(NO)c2ccc([N+](=O)[O-])cc2)C1. The van der Waals surface area contributed by atoms with Crippen molar-refractivity contribution in [2.24, 2.45) is 15.5 Å². The Hall–Kier alpha value is -2.48. The molecule has 1 atom stereocenters. The third-order valence-electron chi connectivity index (χ3n) is 3.34. The normalized spacial score (nSPS) is 18.6. The number of aliphatic imine (C=N–C) groups is 1. The Balaban J connectivity index is 2.14. The van der Waals surface area contributed by atoms with Crippen LogP contribution in [0.15, 0.2) is 34.4 Å². The number of non-ortho nitro benzene ring substituents is 1. The minimum absolute atomic E-state index is 0.0154. The lowest BCUT2D eigenvalue weighted by Crippen LogP contribution is -2.27. The summed E-state index contributed by atoms with van der Waals surface area (Å²) in [6.45, 7) is 6.21. The predicted octanol–water partition coefficient (Wildman–Crippen LogP) is 2.04. The molecule has 0 aromatic heterocycles. The van der Waals surface area contributed by atoms with Gasteiger partial charge < -0.3 is 0 Å². The summed E-state index contributed by atoms with van der Waals surface area (Å²) in [5, 5.41) is 24.2. The molecule has 0 spiro atoms. The Labute approximate surface area is 128 Å². The van der Waals surface area contributed by atoms with Crippen molar-refractivity contribution in [1.82, 2.24) is 10.9 Å². The molecule has 8 nitrogen and oxygen atoms in total. The Bertz CT molecular complexity index is 616. The first kappa shape index (κ1) is 15.9. The van der Waals surface area contributed by atoms with E-state index in [2.05, 4.69) is 36.3 Å². The largest absolute Gasteiger partial charge is 0.290 e. The average molecular weight is 305 g/mol. The molecule has 22 heavy (non-hydrogen) atoms. The lowest BCUT2D eigenvalue weighted by molar-refractivity contribution is -0.384. The first-order valence-electron chi connectivity index (χ1n) is 6.86. The second-order valence-electron chi connectivity index (χ2n) is 6.05. The number of hydroxylamine groups is 1. The van der Waals surface area contributed by atoms with Gasteiger partial charge in [-0.15, -0.1) is 0 Å². The highest BCUT2D eigenvalue weighted by molar-refractivity contribution is 5.98. The average Bonchev–Trinajstić information content (AvgIpc) is 2.93. The maximum absolute atomic E-state index is 10.6. The van der Waals surface area contributed by atoms with Gasteiger partial charge in [0.1, 0.15) is 6.17 Å². The fourth-order valence-electron chi connectivity index (χ4n) is 2.04. The zero-order chi connectivity index (χ0) is 16.3. The minimum Gasteiger partial charge on any atom is -0.290 e. The van der Waals surface area contributed by atoms with E-state index in [1.54, 1.807) is 0 Å². The number of nitro groups is 1. The second kappa shape index (κ2) is 6.10. The van der Waals surface area contributed by atoms with Gasteiger partial charge in [-0.1, -0.05) is 20.8 Å². The molecule has 0 saturated heterocycles. The maximum Gasteiger partial charge on any atom is 0.269 e. The van der Waals surface area contributed by atoms with E-state index in [1.807, 2.05) is 5.48 Å². The zero-order valence-corrected chi connectivity index (χ0v) is 12.7. The molecule has 0 fully saturated rings. The number of hydrazone groups is 1. The van der Waals surface area contributed by atoms with Crippen LogP contribution >= 0.6 is 0 Å². The first-order chi connectivity index (χ1) is 10.3. The van der Waals surface area contributed by atoms with Gasteiger partial charge in [0.2, 0.25) is 0 Å². The maximum atomic E-state index is 10.6. The topological polar surface area (TPSA) is 112 Å². The van der Waals surface area contributed by atoms with Crippen LogP contribution in [0.25, 0.3) is 0 Å². The third-order valence-corrected chi connectivity index (χ3v) is 3.34. The Morgan fingerprint density at radius 2 is 2.09 bits per heavy atom. The Kier molecular flexibility index (Phi) is 4.41. The molecule has 0 amide bonds. The highest BCUT2D eigenvalue weighted by Crippen LogP contribution is 2.23. The quantitative estimate of drug-likeness (QED) is 0.342. The molecule has 1 heterocycles. The smallest absolute Gasteiger partial charge is 0.269 e. The lowest BCUT2D eigenvalue weighted by Gasteiger charge is -2.17. The van der Waals surface area contributed by atoms with Gasteiger partial charge in [-0.05, 0) is 12.1 Å². The highest BCUT2D eigenvalue weighted by atomic mass is 16.6. The van der Waals surface area contributed by atoms with Crippen LogP contribution in [0.3, 0.4) is 0 Å². The van der Waals surface area contributed by atoms with Crippen LogP contribution in [-0.2, 0) is 0 Å². The van der Waals surface area contributed by atoms with E-state index in [-0.39, 0.29) is 23.1 Å². The molecule has 118 valence electrons. The van der Waals surface area contributed by atoms with Crippen LogP contribution in [0.5, 0.6) is 0 Å². The van der Waals surface area contributed by atoms with Gasteiger partial charge >= 0.3 is 0 Å². The first-order valence-corrected chi connectivity index (χ1v) is 6.86. The summed E-state index contributed by atoms with van der Waals surface area (Å²) in [6, 6.07) is 5.78. The third kappa shape index (κ3) is 3.59. The summed E-state index contributed by atoms with van der Waals surface area (Å²) >= 11 is 0. The second-order valence-corrected chi connectivity index (χ2v) is 6.05. The number of hydrogen-bond donors (Lipinski definition) is 3. The number of nitro benzene ring substituents is 1. The molecule has 1 aromatic rings. The zero-order valence-electron chi connectivity index (χ0n) is 12.7. The number of hydrogen-bond acceptors (Lipinski definition) is 6. The van der Waals surface area contributed by atoms with Crippen molar-refractivity contribution in [3.8, 4) is 0 Å². The van der Waals surface area contributed by atoms with Crippen molar-refractivity contribution in [2.45, 2.75) is 33.4 Å². The number of amidine groups is 1. The van der Waals surface area contributed by atoms with Crippen molar-refractivity contribution in [3.05, 3.63) is 39.9 Å². The fraction of sp³-hybridized carbons (Fsp3) is 0.429. The van der Waals surface area contributed by atoms with Gasteiger partial charge in [0.15, 0.2) is 5.84 Å². The molecule has 3 N–H and O–H groups in total. The summed E-state index contributed by atoms with van der Waals surface area (Å²) in [6.07, 6.45) is 0.362. The van der Waals surface area contributed by atoms with Crippen LogP contribution in [0.2, 0.25) is 0 Å². The summed E-state index contributed by atoms with van der Waals surface area (Å²) in [5.74, 6) is 0.234. The van der Waals surface area contributed by atoms with Crippen LogP contribution in [-0.4, -0.2) is 27.8 Å². The molecule has 1 unspecified atom stereocenters. The monoisotopic (exact) mass is 305 g/mol. The summed E-state index contributed by atoms with van der Waals surface area (Å²) in [7, 11) is 0. The van der Waals surface area contributed by atoms with Gasteiger partial charge in [0.05, 0.1) is 4.92 Å². The molecule has 0 radical (unpaired) electrons. The number of benzene rings is 1. The van der Waals surface area contributed by atoms with Gasteiger partial charge in [-0.25, -0.2) is 4.99 Å². The van der Waals surface area contributed by atoms with Crippen molar-refractivity contribution in [3.63, 3.8) is 0 Å². The molecule has 0 aliphatic carbocycles. The Morgan fingerprint density at radius 3 is 2.55 bits per heavy atom. The summed E-state index contributed by atoms with van der Waals surface area (Å²) < 4.78 is 0. The van der Waals surface area contributed by atoms with E-state index in [4.69, 9.17) is 0 Å². The van der Waals surface area contributed by atoms with Crippen LogP contribution < -0.4 is 10.9 Å². The van der Waals surface area contributed by atoms with Crippen molar-refractivity contribution >= 4 is 17.2 Å². The number of nitrogens with one attached hydrogen (secondary N) is 2. The minimum atomic E-state index is -0.477. The van der Waals surface area contributed by atoms with E-state index in [9.17, 15) is 15.3 Å². The standard InChI is InChI=1S/C14H19N5O3/c1-14(2,3)11-8-12(17-16-11)15-13(18-20)9-4-6-10(7-5-9)19(21)22/h4-7,12,17,20H,8H2,1-3H3,(H,15,18). The molecule has 1 aliphatic rings. The van der Waals surface area contributed by atoms with E-state index in [1.165, 1.54) is 24.3 Å². The predicted molar refractivity (Wildman–Crippen MR) is 83.0 cm³/mol. The van der Waals surface area contributed by atoms with E-state index in [0.29, 0.717) is 12.0 Å². The van der Waals surface area contributed by atoms with Gasteiger partial charge in [0, 0.05) is 35.2 Å².